The Balaban J connectivity index is 2.01. The molecule has 1 aromatic carbocycles. The minimum Gasteiger partial charge on any atom is -0.363 e. The molecule has 1 unspecified atom stereocenters. The van der Waals surface area contributed by atoms with Gasteiger partial charge in [-0.2, -0.15) is 22.8 Å². The van der Waals surface area contributed by atoms with Gasteiger partial charge in [-0.1, -0.05) is 32.0 Å². The highest BCUT2D eigenvalue weighted by Gasteiger charge is 2.34. The molecule has 25 heavy (non-hydrogen) atoms. The molecule has 0 aliphatic heterocycles. The molecule has 132 valence electrons. The zero-order valence-corrected chi connectivity index (χ0v) is 14.2. The summed E-state index contributed by atoms with van der Waals surface area (Å²) in [6.07, 6.45) is -2.78. The fourth-order valence-electron chi connectivity index (χ4n) is 2.76. The summed E-state index contributed by atoms with van der Waals surface area (Å²) >= 11 is 0. The van der Waals surface area contributed by atoms with Crippen molar-refractivity contribution in [2.24, 2.45) is 0 Å². The zero-order valence-electron chi connectivity index (χ0n) is 14.2. The summed E-state index contributed by atoms with van der Waals surface area (Å²) in [4.78, 5) is 4.51. The number of aromatic nitrogens is 3. The van der Waals surface area contributed by atoms with Gasteiger partial charge in [-0.3, -0.25) is 0 Å². The van der Waals surface area contributed by atoms with E-state index < -0.39 is 17.8 Å². The first kappa shape index (κ1) is 17.3. The molecular formula is C18H19F3N4. The van der Waals surface area contributed by atoms with Gasteiger partial charge in [-0.25, -0.2) is 4.98 Å². The molecule has 0 spiro atoms. The molecule has 0 radical (unpaired) electrons. The van der Waals surface area contributed by atoms with Crippen LogP contribution in [-0.2, 0) is 6.18 Å². The molecule has 0 fully saturated rings. The first-order chi connectivity index (χ1) is 11.8. The average molecular weight is 348 g/mol. The van der Waals surface area contributed by atoms with Crippen molar-refractivity contribution in [2.75, 3.05) is 5.32 Å². The van der Waals surface area contributed by atoms with Crippen LogP contribution in [0.5, 0.6) is 0 Å². The maximum absolute atomic E-state index is 13.3. The van der Waals surface area contributed by atoms with Gasteiger partial charge in [0, 0.05) is 17.8 Å². The van der Waals surface area contributed by atoms with Crippen LogP contribution in [0, 0.1) is 0 Å². The molecule has 4 nitrogen and oxygen atoms in total. The Morgan fingerprint density at radius 2 is 1.80 bits per heavy atom. The Morgan fingerprint density at radius 3 is 2.48 bits per heavy atom. The van der Waals surface area contributed by atoms with Crippen LogP contribution >= 0.6 is 0 Å². The van der Waals surface area contributed by atoms with E-state index in [0.717, 1.165) is 11.8 Å². The summed E-state index contributed by atoms with van der Waals surface area (Å²) in [7, 11) is 0. The molecule has 0 aliphatic rings. The first-order valence-corrected chi connectivity index (χ1v) is 8.04. The second-order valence-corrected chi connectivity index (χ2v) is 6.27. The summed E-state index contributed by atoms with van der Waals surface area (Å²) in [5, 5.41) is 7.36. The number of fused-ring (bicyclic) bond motifs is 1. The number of benzene rings is 1. The van der Waals surface area contributed by atoms with Crippen molar-refractivity contribution >= 4 is 11.5 Å². The Bertz CT molecular complexity index is 883. The van der Waals surface area contributed by atoms with E-state index in [0.29, 0.717) is 11.5 Å². The third-order valence-corrected chi connectivity index (χ3v) is 4.07. The smallest absolute Gasteiger partial charge is 0.363 e. The topological polar surface area (TPSA) is 42.2 Å². The monoisotopic (exact) mass is 348 g/mol. The summed E-state index contributed by atoms with van der Waals surface area (Å²) in [5.41, 5.74) is 1.07. The van der Waals surface area contributed by atoms with E-state index in [1.807, 2.05) is 19.9 Å². The molecule has 2 heterocycles. The van der Waals surface area contributed by atoms with Crippen molar-refractivity contribution in [3.8, 4) is 0 Å². The van der Waals surface area contributed by atoms with E-state index in [4.69, 9.17) is 0 Å². The van der Waals surface area contributed by atoms with Crippen molar-refractivity contribution in [1.29, 1.82) is 0 Å². The number of halogens is 3. The van der Waals surface area contributed by atoms with Gasteiger partial charge in [0.25, 0.3) is 0 Å². The van der Waals surface area contributed by atoms with E-state index in [1.54, 1.807) is 29.8 Å². The van der Waals surface area contributed by atoms with E-state index in [1.165, 1.54) is 12.1 Å². The van der Waals surface area contributed by atoms with Crippen LogP contribution in [0.15, 0.2) is 42.6 Å². The maximum atomic E-state index is 13.3. The van der Waals surface area contributed by atoms with Crippen LogP contribution < -0.4 is 5.32 Å². The SMILES string of the molecule is CC(C)c1cc(NC(C)c2ccccc2C(F)(F)F)n2nccc2n1. The van der Waals surface area contributed by atoms with Gasteiger partial charge in [0.15, 0.2) is 5.65 Å². The molecule has 1 N–H and O–H groups in total. The Kier molecular flexibility index (Phi) is 4.41. The lowest BCUT2D eigenvalue weighted by atomic mass is 10.0. The summed E-state index contributed by atoms with van der Waals surface area (Å²) in [5.74, 6) is 0.807. The number of hydrogen-bond donors (Lipinski definition) is 1. The van der Waals surface area contributed by atoms with Crippen molar-refractivity contribution in [3.05, 3.63) is 59.4 Å². The molecule has 3 aromatic rings. The molecular weight excluding hydrogens is 329 g/mol. The van der Waals surface area contributed by atoms with Crippen LogP contribution in [-0.4, -0.2) is 14.6 Å². The second kappa shape index (κ2) is 6.38. The molecule has 0 saturated carbocycles. The highest BCUT2D eigenvalue weighted by molar-refractivity contribution is 5.51. The zero-order chi connectivity index (χ0) is 18.2. The normalized spacial score (nSPS) is 13.4. The first-order valence-electron chi connectivity index (χ1n) is 8.04. The van der Waals surface area contributed by atoms with E-state index in [-0.39, 0.29) is 11.5 Å². The van der Waals surface area contributed by atoms with E-state index >= 15 is 0 Å². The lowest BCUT2D eigenvalue weighted by Gasteiger charge is -2.21. The molecule has 3 rings (SSSR count). The highest BCUT2D eigenvalue weighted by atomic mass is 19.4. The van der Waals surface area contributed by atoms with Crippen LogP contribution in [0.4, 0.5) is 19.0 Å². The van der Waals surface area contributed by atoms with Gasteiger partial charge in [0.05, 0.1) is 17.8 Å². The van der Waals surface area contributed by atoms with Gasteiger partial charge >= 0.3 is 6.18 Å². The van der Waals surface area contributed by atoms with Crippen molar-refractivity contribution in [2.45, 2.75) is 38.9 Å². The number of hydrogen-bond acceptors (Lipinski definition) is 3. The number of rotatable bonds is 4. The third-order valence-electron chi connectivity index (χ3n) is 4.07. The molecule has 0 saturated heterocycles. The second-order valence-electron chi connectivity index (χ2n) is 6.27. The third kappa shape index (κ3) is 3.45. The van der Waals surface area contributed by atoms with Crippen LogP contribution in [0.25, 0.3) is 5.65 Å². The minimum atomic E-state index is -4.39. The minimum absolute atomic E-state index is 0.193. The van der Waals surface area contributed by atoms with Gasteiger partial charge in [-0.05, 0) is 24.5 Å². The maximum Gasteiger partial charge on any atom is 0.416 e. The number of nitrogens with one attached hydrogen (secondary N) is 1. The van der Waals surface area contributed by atoms with Crippen LogP contribution in [0.2, 0.25) is 0 Å². The Morgan fingerprint density at radius 1 is 1.08 bits per heavy atom. The van der Waals surface area contributed by atoms with Gasteiger partial charge in [0.1, 0.15) is 5.82 Å². The predicted molar refractivity (Wildman–Crippen MR) is 90.6 cm³/mol. The number of nitrogens with zero attached hydrogens (tertiary/aromatic N) is 3. The molecule has 1 atom stereocenters. The van der Waals surface area contributed by atoms with Crippen molar-refractivity contribution in [3.63, 3.8) is 0 Å². The quantitative estimate of drug-likeness (QED) is 0.718. The fraction of sp³-hybridized carbons (Fsp3) is 0.333. The fourth-order valence-corrected chi connectivity index (χ4v) is 2.76. The summed E-state index contributed by atoms with van der Waals surface area (Å²) in [6, 6.07) is 8.65. The van der Waals surface area contributed by atoms with Gasteiger partial charge < -0.3 is 5.32 Å². The van der Waals surface area contributed by atoms with Gasteiger partial charge in [0.2, 0.25) is 0 Å². The number of anilines is 1. The summed E-state index contributed by atoms with van der Waals surface area (Å²) < 4.78 is 41.4. The largest absolute Gasteiger partial charge is 0.416 e. The van der Waals surface area contributed by atoms with Crippen LogP contribution in [0.3, 0.4) is 0 Å². The van der Waals surface area contributed by atoms with Crippen molar-refractivity contribution in [1.82, 2.24) is 14.6 Å². The van der Waals surface area contributed by atoms with Gasteiger partial charge in [-0.15, -0.1) is 0 Å². The molecule has 0 amide bonds. The molecule has 0 aliphatic carbocycles. The molecule has 7 heteroatoms. The Hall–Kier alpha value is -2.57. The number of alkyl halides is 3. The highest BCUT2D eigenvalue weighted by Crippen LogP contribution is 2.35. The predicted octanol–water partition coefficient (Wildman–Crippen LogP) is 5.04. The van der Waals surface area contributed by atoms with E-state index in [9.17, 15) is 13.2 Å². The lowest BCUT2D eigenvalue weighted by Crippen LogP contribution is -2.17. The average Bonchev–Trinajstić information content (AvgIpc) is 3.02. The lowest BCUT2D eigenvalue weighted by molar-refractivity contribution is -0.138. The van der Waals surface area contributed by atoms with Crippen molar-refractivity contribution < 1.29 is 13.2 Å². The summed E-state index contributed by atoms with van der Waals surface area (Å²) in [6.45, 7) is 5.73. The van der Waals surface area contributed by atoms with E-state index in [2.05, 4.69) is 15.4 Å². The van der Waals surface area contributed by atoms with Crippen LogP contribution in [0.1, 0.15) is 49.6 Å². The molecule has 0 bridgehead atoms. The molecule has 2 aromatic heterocycles. The Labute approximate surface area is 143 Å². The standard InChI is InChI=1S/C18H19F3N4/c1-11(2)15-10-17(25-16(24-15)8-9-22-25)23-12(3)13-6-4-5-7-14(13)18(19,20)21/h4-12,23H,1-3H3.